The lowest BCUT2D eigenvalue weighted by molar-refractivity contribution is -0.142. The van der Waals surface area contributed by atoms with Crippen LogP contribution >= 0.6 is 11.6 Å². The van der Waals surface area contributed by atoms with Gasteiger partial charge in [0, 0.05) is 24.3 Å². The molecule has 13 heteroatoms. The molecule has 0 bridgehead atoms. The van der Waals surface area contributed by atoms with Gasteiger partial charge in [0.2, 0.25) is 11.8 Å². The maximum atomic E-state index is 13.2. The zero-order valence-corrected chi connectivity index (χ0v) is 22.8. The van der Waals surface area contributed by atoms with Crippen molar-refractivity contribution in [2.45, 2.75) is 38.0 Å². The number of nitrogens with one attached hydrogen (secondary N) is 2. The van der Waals surface area contributed by atoms with Crippen molar-refractivity contribution >= 4 is 29.3 Å². The fourth-order valence-corrected chi connectivity index (χ4v) is 4.52. The lowest BCUT2D eigenvalue weighted by atomic mass is 10.1. The third-order valence-corrected chi connectivity index (χ3v) is 6.61. The summed E-state index contributed by atoms with van der Waals surface area (Å²) in [7, 11) is 0. The van der Waals surface area contributed by atoms with Gasteiger partial charge in [0.15, 0.2) is 5.69 Å². The van der Waals surface area contributed by atoms with Crippen LogP contribution in [0.1, 0.15) is 34.5 Å². The molecule has 0 saturated carbocycles. The van der Waals surface area contributed by atoms with E-state index in [1.807, 2.05) is 30.3 Å². The number of alkyl halides is 3. The van der Waals surface area contributed by atoms with E-state index in [2.05, 4.69) is 15.7 Å². The summed E-state index contributed by atoms with van der Waals surface area (Å²) in [6.07, 6.45) is -2.25. The summed E-state index contributed by atoms with van der Waals surface area (Å²) in [5.74, 6) is -1.10. The molecule has 0 fully saturated rings. The number of carbonyl (C=O) groups is 3. The van der Waals surface area contributed by atoms with E-state index in [0.29, 0.717) is 30.0 Å². The van der Waals surface area contributed by atoms with Crippen molar-refractivity contribution in [1.82, 2.24) is 25.3 Å². The molecule has 1 atom stereocenters. The Kier molecular flexibility index (Phi) is 9.87. The monoisotopic (exact) mass is 591 g/mol. The fourth-order valence-electron chi connectivity index (χ4n) is 4.35. The molecule has 9 nitrogen and oxygen atoms in total. The first-order valence-electron chi connectivity index (χ1n) is 13.0. The van der Waals surface area contributed by atoms with Gasteiger partial charge >= 0.3 is 6.18 Å². The van der Waals surface area contributed by atoms with Gasteiger partial charge < -0.3 is 20.3 Å². The Morgan fingerprint density at radius 2 is 1.88 bits per heavy atom. The van der Waals surface area contributed by atoms with E-state index in [9.17, 15) is 27.6 Å². The van der Waals surface area contributed by atoms with E-state index in [0.717, 1.165) is 22.5 Å². The molecule has 1 aliphatic heterocycles. The Labute approximate surface area is 239 Å². The van der Waals surface area contributed by atoms with Crippen molar-refractivity contribution < 1.29 is 32.3 Å². The molecule has 1 aliphatic rings. The summed E-state index contributed by atoms with van der Waals surface area (Å²) < 4.78 is 45.7. The van der Waals surface area contributed by atoms with Crippen LogP contribution in [0.3, 0.4) is 0 Å². The normalized spacial score (nSPS) is 17.4. The highest BCUT2D eigenvalue weighted by Gasteiger charge is 2.34. The van der Waals surface area contributed by atoms with E-state index >= 15 is 0 Å². The largest absolute Gasteiger partial charge is 0.491 e. The number of nitrogens with zero attached hydrogens (tertiary/aromatic N) is 3. The lowest BCUT2D eigenvalue weighted by Gasteiger charge is -2.25. The minimum atomic E-state index is -4.64. The summed E-state index contributed by atoms with van der Waals surface area (Å²) in [6.45, 7) is -0.325. The van der Waals surface area contributed by atoms with Gasteiger partial charge in [0.25, 0.3) is 5.91 Å². The first kappa shape index (κ1) is 29.9. The third-order valence-electron chi connectivity index (χ3n) is 6.37. The van der Waals surface area contributed by atoms with Gasteiger partial charge in [-0.25, -0.2) is 0 Å². The van der Waals surface area contributed by atoms with E-state index in [-0.39, 0.29) is 37.7 Å². The molecule has 2 heterocycles. The predicted octanol–water partition coefficient (Wildman–Crippen LogP) is 3.71. The number of carbonyl (C=O) groups excluding carboxylic acids is 3. The first-order chi connectivity index (χ1) is 19.6. The summed E-state index contributed by atoms with van der Waals surface area (Å²) in [5, 5.41) is 9.52. The van der Waals surface area contributed by atoms with Crippen molar-refractivity contribution in [3.63, 3.8) is 0 Å². The standard InChI is InChI=1S/C28H29ClF3N5O4/c29-20-8-9-23-22(15-20)27(40)33-11-4-5-12-36(26(39)17-37-13-10-24(35-37)28(30,31)32)16-25(38)34-21(18-41-23)14-19-6-2-1-3-7-19/h1-3,6-10,13,15,21H,4-5,11-12,14,16-18H2,(H,33,40)(H,34,38)/t21-/m0/s1. The highest BCUT2D eigenvalue weighted by atomic mass is 35.5. The van der Waals surface area contributed by atoms with Crippen LogP contribution in [0.4, 0.5) is 13.2 Å². The molecule has 0 spiro atoms. The van der Waals surface area contributed by atoms with E-state index < -0.39 is 36.3 Å². The van der Waals surface area contributed by atoms with Crippen LogP contribution in [0.5, 0.6) is 5.75 Å². The smallest absolute Gasteiger partial charge is 0.435 e. The number of halogens is 4. The van der Waals surface area contributed by atoms with Crippen LogP contribution in [0, 0.1) is 0 Å². The molecule has 218 valence electrons. The number of hydrogen-bond donors (Lipinski definition) is 2. The summed E-state index contributed by atoms with van der Waals surface area (Å²) in [4.78, 5) is 40.4. The highest BCUT2D eigenvalue weighted by molar-refractivity contribution is 6.31. The van der Waals surface area contributed by atoms with Gasteiger partial charge in [-0.1, -0.05) is 41.9 Å². The second-order valence-corrected chi connectivity index (χ2v) is 10.0. The Morgan fingerprint density at radius 3 is 2.61 bits per heavy atom. The molecule has 0 unspecified atom stereocenters. The van der Waals surface area contributed by atoms with Gasteiger partial charge in [-0.2, -0.15) is 18.3 Å². The van der Waals surface area contributed by atoms with Crippen LogP contribution in [0.25, 0.3) is 0 Å². The molecule has 0 aliphatic carbocycles. The van der Waals surface area contributed by atoms with Gasteiger partial charge in [-0.05, 0) is 49.1 Å². The Balaban J connectivity index is 1.53. The van der Waals surface area contributed by atoms with Crippen molar-refractivity contribution in [2.75, 3.05) is 26.2 Å². The Morgan fingerprint density at radius 1 is 1.10 bits per heavy atom. The molecule has 3 aromatic rings. The zero-order valence-electron chi connectivity index (χ0n) is 22.0. The van der Waals surface area contributed by atoms with Gasteiger partial charge in [-0.3, -0.25) is 19.1 Å². The van der Waals surface area contributed by atoms with Crippen LogP contribution in [-0.2, 0) is 28.7 Å². The Bertz CT molecular complexity index is 1370. The summed E-state index contributed by atoms with van der Waals surface area (Å²) in [5.41, 5.74) is 0.0776. The van der Waals surface area contributed by atoms with Crippen molar-refractivity contribution in [1.29, 1.82) is 0 Å². The molecule has 2 N–H and O–H groups in total. The molecule has 3 amide bonds. The van der Waals surface area contributed by atoms with Crippen molar-refractivity contribution in [3.8, 4) is 5.75 Å². The molecular weight excluding hydrogens is 563 g/mol. The molecule has 0 radical (unpaired) electrons. The lowest BCUT2D eigenvalue weighted by Crippen LogP contribution is -2.47. The molecule has 0 saturated heterocycles. The van der Waals surface area contributed by atoms with E-state index in [4.69, 9.17) is 16.3 Å². The quantitative estimate of drug-likeness (QED) is 0.481. The fraction of sp³-hybridized carbons (Fsp3) is 0.357. The second-order valence-electron chi connectivity index (χ2n) is 9.58. The van der Waals surface area contributed by atoms with E-state index in [1.54, 1.807) is 12.1 Å². The maximum Gasteiger partial charge on any atom is 0.435 e. The molecular formula is C28H29ClF3N5O4. The number of rotatable bonds is 4. The first-order valence-corrected chi connectivity index (χ1v) is 13.4. The molecule has 41 heavy (non-hydrogen) atoms. The van der Waals surface area contributed by atoms with Gasteiger partial charge in [0.1, 0.15) is 18.9 Å². The zero-order chi connectivity index (χ0) is 29.4. The van der Waals surface area contributed by atoms with Gasteiger partial charge in [0.05, 0.1) is 18.2 Å². The average molecular weight is 592 g/mol. The second kappa shape index (κ2) is 13.5. The number of hydrogen-bond acceptors (Lipinski definition) is 5. The molecule has 1 aromatic heterocycles. The van der Waals surface area contributed by atoms with Crippen molar-refractivity contribution in [2.24, 2.45) is 0 Å². The maximum absolute atomic E-state index is 13.2. The number of benzene rings is 2. The SMILES string of the molecule is O=C1CN(C(=O)Cn2ccc(C(F)(F)F)n2)CCCCNC(=O)c2cc(Cl)ccc2OC[C@H](Cc2ccccc2)N1. The third kappa shape index (κ3) is 8.71. The van der Waals surface area contributed by atoms with Gasteiger partial charge in [-0.15, -0.1) is 0 Å². The minimum absolute atomic E-state index is 0.0179. The number of ether oxygens (including phenoxy) is 1. The van der Waals surface area contributed by atoms with Crippen LogP contribution < -0.4 is 15.4 Å². The van der Waals surface area contributed by atoms with E-state index in [1.165, 1.54) is 11.0 Å². The number of aromatic nitrogens is 2. The van der Waals surface area contributed by atoms with Crippen molar-refractivity contribution in [3.05, 3.63) is 82.6 Å². The van der Waals surface area contributed by atoms with Crippen LogP contribution in [0.2, 0.25) is 5.02 Å². The minimum Gasteiger partial charge on any atom is -0.491 e. The Hall–Kier alpha value is -4.06. The molecule has 4 rings (SSSR count). The average Bonchev–Trinajstić information content (AvgIpc) is 3.40. The predicted molar refractivity (Wildman–Crippen MR) is 144 cm³/mol. The van der Waals surface area contributed by atoms with Crippen LogP contribution in [-0.4, -0.2) is 64.7 Å². The van der Waals surface area contributed by atoms with Crippen LogP contribution in [0.15, 0.2) is 60.8 Å². The summed E-state index contributed by atoms with van der Waals surface area (Å²) in [6, 6.07) is 14.4. The molecule has 2 aromatic carbocycles. The summed E-state index contributed by atoms with van der Waals surface area (Å²) >= 11 is 6.13. The topological polar surface area (TPSA) is 106 Å². The number of amides is 3. The highest BCUT2D eigenvalue weighted by Crippen LogP contribution is 2.27. The number of fused-ring (bicyclic) bond motifs is 1.